The highest BCUT2D eigenvalue weighted by molar-refractivity contribution is 5.96. The molecule has 0 aromatic heterocycles. The molecule has 0 atom stereocenters. The second-order valence-electron chi connectivity index (χ2n) is 5.68. The summed E-state index contributed by atoms with van der Waals surface area (Å²) in [5.41, 5.74) is -0.0529. The number of methoxy groups -OCH3 is 3. The van der Waals surface area contributed by atoms with Gasteiger partial charge < -0.3 is 24.3 Å². The first-order valence-electron chi connectivity index (χ1n) is 8.36. The highest BCUT2D eigenvalue weighted by Crippen LogP contribution is 2.34. The molecule has 154 valence electrons. The average Bonchev–Trinajstić information content (AvgIpc) is 2.75. The van der Waals surface area contributed by atoms with Crippen molar-refractivity contribution in [2.75, 3.05) is 27.9 Å². The van der Waals surface area contributed by atoms with Gasteiger partial charge in [0.2, 0.25) is 0 Å². The smallest absolute Gasteiger partial charge is 0.345 e. The Hall–Kier alpha value is -3.82. The molecule has 1 N–H and O–H groups in total. The minimum atomic E-state index is -1.03. The number of hydrogen-bond donors (Lipinski definition) is 1. The predicted molar refractivity (Wildman–Crippen MR) is 101 cm³/mol. The second kappa shape index (κ2) is 9.93. The van der Waals surface area contributed by atoms with Gasteiger partial charge in [-0.1, -0.05) is 12.1 Å². The van der Waals surface area contributed by atoms with Crippen LogP contribution >= 0.6 is 0 Å². The van der Waals surface area contributed by atoms with E-state index in [1.807, 2.05) is 0 Å². The number of ether oxygens (including phenoxy) is 4. The van der Waals surface area contributed by atoms with E-state index < -0.39 is 29.1 Å². The summed E-state index contributed by atoms with van der Waals surface area (Å²) in [6.07, 6.45) is 0. The Morgan fingerprint density at radius 1 is 1.00 bits per heavy atom. The number of amides is 1. The Labute approximate surface area is 166 Å². The van der Waals surface area contributed by atoms with Crippen LogP contribution in [-0.2, 0) is 16.1 Å². The van der Waals surface area contributed by atoms with Gasteiger partial charge in [0, 0.05) is 12.6 Å². The molecule has 0 bridgehead atoms. The van der Waals surface area contributed by atoms with Crippen LogP contribution in [0, 0.1) is 10.1 Å². The van der Waals surface area contributed by atoms with Crippen molar-refractivity contribution in [3.63, 3.8) is 0 Å². The number of benzene rings is 2. The predicted octanol–water partition coefficient (Wildman–Crippen LogP) is 2.09. The van der Waals surface area contributed by atoms with Crippen LogP contribution in [0.5, 0.6) is 17.2 Å². The van der Waals surface area contributed by atoms with E-state index in [0.29, 0.717) is 5.75 Å². The molecule has 2 rings (SSSR count). The number of carbonyl (C=O) groups excluding carboxylic acids is 2. The van der Waals surface area contributed by atoms with Gasteiger partial charge in [-0.25, -0.2) is 4.79 Å². The van der Waals surface area contributed by atoms with Crippen molar-refractivity contribution in [2.24, 2.45) is 0 Å². The van der Waals surface area contributed by atoms with Crippen LogP contribution in [0.25, 0.3) is 0 Å². The van der Waals surface area contributed by atoms with Crippen molar-refractivity contribution in [1.29, 1.82) is 0 Å². The minimum absolute atomic E-state index is 0.0907. The Kier molecular flexibility index (Phi) is 7.35. The van der Waals surface area contributed by atoms with Crippen LogP contribution in [0.1, 0.15) is 15.9 Å². The number of nitro benzene ring substituents is 1. The van der Waals surface area contributed by atoms with Crippen LogP contribution < -0.4 is 19.5 Å². The molecular weight excluding hydrogens is 384 g/mol. The van der Waals surface area contributed by atoms with Crippen LogP contribution in [-0.4, -0.2) is 44.7 Å². The van der Waals surface area contributed by atoms with E-state index in [4.69, 9.17) is 18.9 Å². The molecule has 0 radical (unpaired) electrons. The summed E-state index contributed by atoms with van der Waals surface area (Å²) in [4.78, 5) is 34.7. The zero-order valence-corrected chi connectivity index (χ0v) is 16.1. The molecule has 0 aliphatic carbocycles. The van der Waals surface area contributed by atoms with Gasteiger partial charge >= 0.3 is 5.97 Å². The molecule has 0 aliphatic rings. The molecule has 0 spiro atoms. The standard InChI is InChI=1S/C19H20N2O8/c1-26-13-6-4-12(5-7-13)10-20-18(22)11-29-19(23)14-8-16(27-2)17(28-3)9-15(14)21(24)25/h4-9H,10-11H2,1-3H3,(H,20,22). The molecule has 0 heterocycles. The van der Waals surface area contributed by atoms with Crippen molar-refractivity contribution in [1.82, 2.24) is 5.32 Å². The van der Waals surface area contributed by atoms with E-state index >= 15 is 0 Å². The number of rotatable bonds is 9. The second-order valence-corrected chi connectivity index (χ2v) is 5.68. The lowest BCUT2D eigenvalue weighted by atomic mass is 10.1. The molecule has 0 saturated heterocycles. The Balaban J connectivity index is 2.00. The SMILES string of the molecule is COc1ccc(CNC(=O)COC(=O)c2cc(OC)c(OC)cc2[N+](=O)[O-])cc1. The minimum Gasteiger partial charge on any atom is -0.497 e. The van der Waals surface area contributed by atoms with Gasteiger partial charge in [0.05, 0.1) is 32.3 Å². The zero-order valence-electron chi connectivity index (χ0n) is 16.1. The van der Waals surface area contributed by atoms with Crippen molar-refractivity contribution in [3.8, 4) is 17.2 Å². The number of nitrogens with zero attached hydrogens (tertiary/aromatic N) is 1. The summed E-state index contributed by atoms with van der Waals surface area (Å²) in [6, 6.07) is 9.24. The normalized spacial score (nSPS) is 10.0. The summed E-state index contributed by atoms with van der Waals surface area (Å²) in [7, 11) is 4.19. The summed E-state index contributed by atoms with van der Waals surface area (Å²) in [5.74, 6) is -0.693. The molecule has 10 nitrogen and oxygen atoms in total. The molecule has 0 fully saturated rings. The Morgan fingerprint density at radius 3 is 2.17 bits per heavy atom. The molecular formula is C19H20N2O8. The molecule has 2 aromatic rings. The van der Waals surface area contributed by atoms with Crippen molar-refractivity contribution < 1.29 is 33.5 Å². The van der Waals surface area contributed by atoms with E-state index in [0.717, 1.165) is 17.7 Å². The van der Waals surface area contributed by atoms with E-state index in [9.17, 15) is 19.7 Å². The first kappa shape index (κ1) is 21.5. The molecule has 29 heavy (non-hydrogen) atoms. The zero-order chi connectivity index (χ0) is 21.4. The van der Waals surface area contributed by atoms with Gasteiger partial charge in [-0.15, -0.1) is 0 Å². The van der Waals surface area contributed by atoms with Gasteiger partial charge in [0.1, 0.15) is 11.3 Å². The van der Waals surface area contributed by atoms with Crippen molar-refractivity contribution in [2.45, 2.75) is 6.54 Å². The summed E-state index contributed by atoms with van der Waals surface area (Å²) < 4.78 is 20.0. The quantitative estimate of drug-likeness (QED) is 0.382. The van der Waals surface area contributed by atoms with E-state index in [2.05, 4.69) is 5.32 Å². The third-order valence-electron chi connectivity index (χ3n) is 3.90. The van der Waals surface area contributed by atoms with Gasteiger partial charge in [0.15, 0.2) is 18.1 Å². The lowest BCUT2D eigenvalue weighted by molar-refractivity contribution is -0.385. The topological polar surface area (TPSA) is 126 Å². The fraction of sp³-hybridized carbons (Fsp3) is 0.263. The van der Waals surface area contributed by atoms with E-state index in [1.165, 1.54) is 14.2 Å². The number of esters is 1. The first-order valence-corrected chi connectivity index (χ1v) is 8.36. The lowest BCUT2D eigenvalue weighted by Gasteiger charge is -2.11. The molecule has 0 aliphatic heterocycles. The summed E-state index contributed by atoms with van der Waals surface area (Å²) >= 11 is 0. The summed E-state index contributed by atoms with van der Waals surface area (Å²) in [5, 5.41) is 13.8. The highest BCUT2D eigenvalue weighted by atomic mass is 16.6. The van der Waals surface area contributed by atoms with Crippen LogP contribution in [0.4, 0.5) is 5.69 Å². The number of nitro groups is 1. The molecule has 2 aromatic carbocycles. The highest BCUT2D eigenvalue weighted by Gasteiger charge is 2.26. The van der Waals surface area contributed by atoms with Crippen molar-refractivity contribution >= 4 is 17.6 Å². The van der Waals surface area contributed by atoms with Gasteiger partial charge in [-0.05, 0) is 17.7 Å². The van der Waals surface area contributed by atoms with Gasteiger partial charge in [0.25, 0.3) is 11.6 Å². The first-order chi connectivity index (χ1) is 13.9. The molecule has 0 unspecified atom stereocenters. The monoisotopic (exact) mass is 404 g/mol. The summed E-state index contributed by atoms with van der Waals surface area (Å²) in [6.45, 7) is -0.378. The maximum absolute atomic E-state index is 12.3. The fourth-order valence-electron chi connectivity index (χ4n) is 2.39. The maximum Gasteiger partial charge on any atom is 0.345 e. The average molecular weight is 404 g/mol. The van der Waals surface area contributed by atoms with E-state index in [1.54, 1.807) is 31.4 Å². The lowest BCUT2D eigenvalue weighted by Crippen LogP contribution is -2.28. The maximum atomic E-state index is 12.3. The van der Waals surface area contributed by atoms with Gasteiger partial charge in [-0.3, -0.25) is 14.9 Å². The molecule has 10 heteroatoms. The van der Waals surface area contributed by atoms with Gasteiger partial charge in [-0.2, -0.15) is 0 Å². The largest absolute Gasteiger partial charge is 0.497 e. The Bertz CT molecular complexity index is 896. The number of nitrogens with one attached hydrogen (secondary N) is 1. The van der Waals surface area contributed by atoms with Crippen LogP contribution in [0.2, 0.25) is 0 Å². The number of hydrogen-bond acceptors (Lipinski definition) is 8. The third-order valence-corrected chi connectivity index (χ3v) is 3.90. The Morgan fingerprint density at radius 2 is 1.62 bits per heavy atom. The van der Waals surface area contributed by atoms with Crippen molar-refractivity contribution in [3.05, 3.63) is 57.6 Å². The molecule has 1 amide bonds. The third kappa shape index (κ3) is 5.58. The van der Waals surface area contributed by atoms with E-state index in [-0.39, 0.29) is 23.6 Å². The van der Waals surface area contributed by atoms with Crippen LogP contribution in [0.3, 0.4) is 0 Å². The molecule has 0 saturated carbocycles. The number of carbonyl (C=O) groups is 2. The van der Waals surface area contributed by atoms with Crippen LogP contribution in [0.15, 0.2) is 36.4 Å². The fourth-order valence-corrected chi connectivity index (χ4v) is 2.39.